The Balaban J connectivity index is 3.90. The van der Waals surface area contributed by atoms with Crippen molar-refractivity contribution in [3.63, 3.8) is 0 Å². The van der Waals surface area contributed by atoms with Gasteiger partial charge in [-0.3, -0.25) is 8.37 Å². The summed E-state index contributed by atoms with van der Waals surface area (Å²) in [6, 6.07) is 0. The molecule has 0 N–H and O–H groups in total. The molecule has 8 heteroatoms. The molecule has 0 saturated heterocycles. The zero-order valence-electron chi connectivity index (χ0n) is 8.68. The van der Waals surface area contributed by atoms with Gasteiger partial charge in [0.15, 0.2) is 0 Å². The van der Waals surface area contributed by atoms with E-state index in [9.17, 15) is 16.8 Å². The average molecular weight is 266 g/mol. The standard InChI is InChI=1S/C8H10O6S2/c1-15(9,10)13-7-5-3-4-6-8-14-16(2,11)12/h7-8H2,1-2H3. The minimum atomic E-state index is -3.50. The van der Waals surface area contributed by atoms with Crippen LogP contribution in [-0.2, 0) is 28.6 Å². The first kappa shape index (κ1) is 14.9. The Labute approximate surface area is 95.2 Å². The minimum Gasteiger partial charge on any atom is -0.257 e. The van der Waals surface area contributed by atoms with Gasteiger partial charge in [0.2, 0.25) is 0 Å². The second-order valence-electron chi connectivity index (χ2n) is 2.54. The summed E-state index contributed by atoms with van der Waals surface area (Å²) in [6.45, 7) is -0.582. The molecule has 0 spiro atoms. The van der Waals surface area contributed by atoms with Gasteiger partial charge in [-0.2, -0.15) is 16.8 Å². The molecular formula is C8H10O6S2. The van der Waals surface area contributed by atoms with Crippen LogP contribution in [0.3, 0.4) is 0 Å². The van der Waals surface area contributed by atoms with Crippen LogP contribution in [0.25, 0.3) is 0 Å². The van der Waals surface area contributed by atoms with Crippen LogP contribution >= 0.6 is 0 Å². The predicted molar refractivity (Wildman–Crippen MR) is 57.1 cm³/mol. The van der Waals surface area contributed by atoms with Gasteiger partial charge in [0.1, 0.15) is 13.2 Å². The predicted octanol–water partition coefficient (Wildman–Crippen LogP) is -1.05. The summed E-state index contributed by atoms with van der Waals surface area (Å²) in [7, 11) is -6.99. The minimum absolute atomic E-state index is 0.291. The fraction of sp³-hybridized carbons (Fsp3) is 0.500. The summed E-state index contributed by atoms with van der Waals surface area (Å²) in [5, 5.41) is 0. The lowest BCUT2D eigenvalue weighted by Gasteiger charge is -1.91. The van der Waals surface area contributed by atoms with E-state index in [-0.39, 0.29) is 13.2 Å². The Morgan fingerprint density at radius 3 is 1.38 bits per heavy atom. The number of rotatable bonds is 4. The van der Waals surface area contributed by atoms with Crippen molar-refractivity contribution in [3.8, 4) is 23.7 Å². The maximum atomic E-state index is 10.5. The van der Waals surface area contributed by atoms with Crippen molar-refractivity contribution in [3.05, 3.63) is 0 Å². The first-order chi connectivity index (χ1) is 7.21. The molecule has 0 aromatic carbocycles. The SMILES string of the molecule is CS(=O)(=O)OCC#CC#CCOS(C)(=O)=O. The summed E-state index contributed by atoms with van der Waals surface area (Å²) >= 11 is 0. The van der Waals surface area contributed by atoms with Crippen LogP contribution in [0.5, 0.6) is 0 Å². The highest BCUT2D eigenvalue weighted by atomic mass is 32.2. The van der Waals surface area contributed by atoms with Crippen LogP contribution in [-0.4, -0.2) is 42.6 Å². The van der Waals surface area contributed by atoms with Crippen molar-refractivity contribution in [2.24, 2.45) is 0 Å². The van der Waals surface area contributed by atoms with Crippen LogP contribution in [0.2, 0.25) is 0 Å². The van der Waals surface area contributed by atoms with Gasteiger partial charge in [0.25, 0.3) is 20.2 Å². The first-order valence-corrected chi connectivity index (χ1v) is 7.48. The molecule has 0 aliphatic carbocycles. The van der Waals surface area contributed by atoms with Crippen molar-refractivity contribution in [1.29, 1.82) is 0 Å². The van der Waals surface area contributed by atoms with Crippen LogP contribution in [0.4, 0.5) is 0 Å². The van der Waals surface area contributed by atoms with Crippen molar-refractivity contribution >= 4 is 20.2 Å². The lowest BCUT2D eigenvalue weighted by Crippen LogP contribution is -2.02. The zero-order chi connectivity index (χ0) is 12.7. The molecule has 0 atom stereocenters. The molecule has 0 amide bonds. The summed E-state index contributed by atoms with van der Waals surface area (Å²) in [5.41, 5.74) is 0. The van der Waals surface area contributed by atoms with Gasteiger partial charge in [-0.05, 0) is 11.8 Å². The Kier molecular flexibility index (Phi) is 6.08. The summed E-state index contributed by atoms with van der Waals surface area (Å²) in [4.78, 5) is 0. The highest BCUT2D eigenvalue weighted by molar-refractivity contribution is 7.86. The molecule has 0 fully saturated rings. The third-order valence-electron chi connectivity index (χ3n) is 0.930. The van der Waals surface area contributed by atoms with E-state index in [1.54, 1.807) is 0 Å². The maximum absolute atomic E-state index is 10.5. The largest absolute Gasteiger partial charge is 0.265 e. The van der Waals surface area contributed by atoms with Gasteiger partial charge in [0.05, 0.1) is 12.5 Å². The van der Waals surface area contributed by atoms with Crippen LogP contribution in [0, 0.1) is 23.7 Å². The molecule has 0 unspecified atom stereocenters. The molecule has 0 radical (unpaired) electrons. The normalized spacial score (nSPS) is 10.9. The second kappa shape index (κ2) is 6.51. The summed E-state index contributed by atoms with van der Waals surface area (Å²) in [5.74, 6) is 9.16. The topological polar surface area (TPSA) is 86.7 Å². The number of hydrogen-bond acceptors (Lipinski definition) is 6. The van der Waals surface area contributed by atoms with Crippen LogP contribution in [0.15, 0.2) is 0 Å². The quantitative estimate of drug-likeness (QED) is 0.476. The van der Waals surface area contributed by atoms with Gasteiger partial charge in [-0.15, -0.1) is 0 Å². The van der Waals surface area contributed by atoms with Gasteiger partial charge >= 0.3 is 0 Å². The fourth-order valence-corrected chi connectivity index (χ4v) is 0.980. The molecule has 6 nitrogen and oxygen atoms in total. The molecule has 0 aromatic rings. The van der Waals surface area contributed by atoms with E-state index in [2.05, 4.69) is 32.0 Å². The molecule has 0 aliphatic heterocycles. The molecule has 0 saturated carbocycles. The second-order valence-corrected chi connectivity index (χ2v) is 5.82. The molecule has 0 aromatic heterocycles. The summed E-state index contributed by atoms with van der Waals surface area (Å²) < 4.78 is 50.4. The molecular weight excluding hydrogens is 256 g/mol. The molecule has 0 bridgehead atoms. The summed E-state index contributed by atoms with van der Waals surface area (Å²) in [6.07, 6.45) is 1.81. The Morgan fingerprint density at radius 2 is 1.12 bits per heavy atom. The van der Waals surface area contributed by atoms with Crippen molar-refractivity contribution < 1.29 is 25.2 Å². The monoisotopic (exact) mass is 266 g/mol. The fourth-order valence-electron chi connectivity index (χ4n) is 0.434. The number of hydrogen-bond donors (Lipinski definition) is 0. The van der Waals surface area contributed by atoms with Crippen molar-refractivity contribution in [2.45, 2.75) is 0 Å². The highest BCUT2D eigenvalue weighted by Crippen LogP contribution is 1.84. The highest BCUT2D eigenvalue weighted by Gasteiger charge is 1.97. The third-order valence-corrected chi connectivity index (χ3v) is 2.02. The Morgan fingerprint density at radius 1 is 0.812 bits per heavy atom. The molecule has 90 valence electrons. The first-order valence-electron chi connectivity index (χ1n) is 3.85. The van der Waals surface area contributed by atoms with Gasteiger partial charge in [-0.1, -0.05) is 11.8 Å². The van der Waals surface area contributed by atoms with Gasteiger partial charge in [-0.25, -0.2) is 0 Å². The molecule has 0 aliphatic rings. The van der Waals surface area contributed by atoms with E-state index < -0.39 is 20.2 Å². The third kappa shape index (κ3) is 12.9. The zero-order valence-corrected chi connectivity index (χ0v) is 10.3. The van der Waals surface area contributed by atoms with Crippen LogP contribution < -0.4 is 0 Å². The van der Waals surface area contributed by atoms with E-state index in [0.29, 0.717) is 0 Å². The van der Waals surface area contributed by atoms with Crippen molar-refractivity contribution in [1.82, 2.24) is 0 Å². The van der Waals surface area contributed by atoms with E-state index in [0.717, 1.165) is 12.5 Å². The molecule has 16 heavy (non-hydrogen) atoms. The van der Waals surface area contributed by atoms with E-state index in [1.165, 1.54) is 0 Å². The van der Waals surface area contributed by atoms with E-state index in [1.807, 2.05) is 0 Å². The van der Waals surface area contributed by atoms with Crippen LogP contribution in [0.1, 0.15) is 0 Å². The maximum Gasteiger partial charge on any atom is 0.265 e. The van der Waals surface area contributed by atoms with Crippen molar-refractivity contribution in [2.75, 3.05) is 25.7 Å². The van der Waals surface area contributed by atoms with E-state index >= 15 is 0 Å². The molecule has 0 heterocycles. The lowest BCUT2D eigenvalue weighted by atomic mass is 10.5. The lowest BCUT2D eigenvalue weighted by molar-refractivity contribution is 0.366. The van der Waals surface area contributed by atoms with E-state index in [4.69, 9.17) is 0 Å². The van der Waals surface area contributed by atoms with Gasteiger partial charge in [0, 0.05) is 0 Å². The Hall–Kier alpha value is -1.06. The smallest absolute Gasteiger partial charge is 0.257 e. The average Bonchev–Trinajstić information content (AvgIpc) is 2.06. The Bertz CT molecular complexity index is 483. The van der Waals surface area contributed by atoms with Gasteiger partial charge < -0.3 is 0 Å². The molecule has 0 rings (SSSR count).